The highest BCUT2D eigenvalue weighted by Gasteiger charge is 2.09. The maximum Gasteiger partial charge on any atom is 0.111 e. The molecule has 1 heterocycles. The highest BCUT2D eigenvalue weighted by Crippen LogP contribution is 2.22. The van der Waals surface area contributed by atoms with E-state index in [0.717, 1.165) is 28.8 Å². The molecule has 1 aromatic carbocycles. The van der Waals surface area contributed by atoms with Gasteiger partial charge in [0.1, 0.15) is 5.82 Å². The molecular weight excluding hydrogens is 300 g/mol. The van der Waals surface area contributed by atoms with Gasteiger partial charge in [-0.2, -0.15) is 0 Å². The fourth-order valence-electron chi connectivity index (χ4n) is 1.99. The molecule has 0 aliphatic rings. The molecule has 0 atom stereocenters. The van der Waals surface area contributed by atoms with Gasteiger partial charge in [0, 0.05) is 23.3 Å². The smallest absolute Gasteiger partial charge is 0.111 e. The number of halogens is 2. The van der Waals surface area contributed by atoms with Gasteiger partial charge in [0.25, 0.3) is 0 Å². The maximum absolute atomic E-state index is 5.84. The van der Waals surface area contributed by atoms with Crippen LogP contribution in [0, 0.1) is 0 Å². The van der Waals surface area contributed by atoms with E-state index in [0.29, 0.717) is 5.88 Å². The van der Waals surface area contributed by atoms with Crippen LogP contribution >= 0.6 is 27.5 Å². The van der Waals surface area contributed by atoms with E-state index in [-0.39, 0.29) is 0 Å². The van der Waals surface area contributed by atoms with E-state index in [9.17, 15) is 0 Å². The number of alkyl halides is 1. The molecule has 0 amide bonds. The van der Waals surface area contributed by atoms with Gasteiger partial charge in [0.2, 0.25) is 0 Å². The fraction of sp³-hybridized carbons (Fsp3) is 0.462. The van der Waals surface area contributed by atoms with Gasteiger partial charge >= 0.3 is 0 Å². The SMILES string of the molecule is CCCCn1c(CCCl)nc2ccc(Br)cc21. The summed E-state index contributed by atoms with van der Waals surface area (Å²) in [5.41, 5.74) is 2.26. The van der Waals surface area contributed by atoms with E-state index in [1.165, 1.54) is 18.4 Å². The number of imidazole rings is 1. The van der Waals surface area contributed by atoms with Crippen LogP contribution < -0.4 is 0 Å². The van der Waals surface area contributed by atoms with Gasteiger partial charge in [-0.1, -0.05) is 29.3 Å². The van der Waals surface area contributed by atoms with Gasteiger partial charge in [-0.3, -0.25) is 0 Å². The summed E-state index contributed by atoms with van der Waals surface area (Å²) in [4.78, 5) is 4.65. The van der Waals surface area contributed by atoms with Crippen LogP contribution in [0.4, 0.5) is 0 Å². The first-order valence-corrected chi connectivity index (χ1v) is 7.29. The van der Waals surface area contributed by atoms with Crippen molar-refractivity contribution in [3.05, 3.63) is 28.5 Å². The fourth-order valence-corrected chi connectivity index (χ4v) is 2.50. The zero-order valence-electron chi connectivity index (χ0n) is 9.92. The average Bonchev–Trinajstić information content (AvgIpc) is 2.64. The van der Waals surface area contributed by atoms with Crippen molar-refractivity contribution >= 4 is 38.6 Å². The van der Waals surface area contributed by atoms with Crippen molar-refractivity contribution in [2.24, 2.45) is 0 Å². The molecular formula is C13H16BrClN2. The molecule has 4 heteroatoms. The second-order valence-corrected chi connectivity index (χ2v) is 5.40. The van der Waals surface area contributed by atoms with Gasteiger partial charge < -0.3 is 4.57 Å². The Labute approximate surface area is 115 Å². The first-order chi connectivity index (χ1) is 8.26. The minimum atomic E-state index is 0.622. The first-order valence-electron chi connectivity index (χ1n) is 5.97. The van der Waals surface area contributed by atoms with Crippen LogP contribution in [0.1, 0.15) is 25.6 Å². The van der Waals surface area contributed by atoms with E-state index in [2.05, 4.69) is 44.5 Å². The summed E-state index contributed by atoms with van der Waals surface area (Å²) < 4.78 is 3.39. The van der Waals surface area contributed by atoms with Gasteiger partial charge in [0.15, 0.2) is 0 Å². The molecule has 17 heavy (non-hydrogen) atoms. The minimum absolute atomic E-state index is 0.622. The molecule has 2 nitrogen and oxygen atoms in total. The topological polar surface area (TPSA) is 17.8 Å². The largest absolute Gasteiger partial charge is 0.328 e. The van der Waals surface area contributed by atoms with Crippen molar-refractivity contribution < 1.29 is 0 Å². The molecule has 2 aromatic rings. The van der Waals surface area contributed by atoms with Crippen LogP contribution in [-0.2, 0) is 13.0 Å². The summed E-state index contributed by atoms with van der Waals surface area (Å²) in [6.45, 7) is 3.23. The Morgan fingerprint density at radius 1 is 1.41 bits per heavy atom. The normalized spacial score (nSPS) is 11.2. The molecule has 0 saturated carbocycles. The molecule has 0 saturated heterocycles. The average molecular weight is 316 g/mol. The molecule has 0 radical (unpaired) electrons. The van der Waals surface area contributed by atoms with Crippen LogP contribution in [0.2, 0.25) is 0 Å². The predicted octanol–water partition coefficient (Wildman–Crippen LogP) is 4.38. The van der Waals surface area contributed by atoms with Crippen LogP contribution in [0.15, 0.2) is 22.7 Å². The van der Waals surface area contributed by atoms with Crippen LogP contribution in [0.3, 0.4) is 0 Å². The van der Waals surface area contributed by atoms with Gasteiger partial charge in [0.05, 0.1) is 11.0 Å². The van der Waals surface area contributed by atoms with Crippen LogP contribution in [-0.4, -0.2) is 15.4 Å². The summed E-state index contributed by atoms with van der Waals surface area (Å²) >= 11 is 9.35. The second-order valence-electron chi connectivity index (χ2n) is 4.11. The number of unbranched alkanes of at least 4 members (excludes halogenated alkanes) is 1. The van der Waals surface area contributed by atoms with Gasteiger partial charge in [-0.05, 0) is 24.6 Å². The van der Waals surface area contributed by atoms with Crippen molar-refractivity contribution in [2.75, 3.05) is 5.88 Å². The van der Waals surface area contributed by atoms with E-state index < -0.39 is 0 Å². The molecule has 0 unspecified atom stereocenters. The molecule has 2 rings (SSSR count). The number of aromatic nitrogens is 2. The Hall–Kier alpha value is -0.540. The maximum atomic E-state index is 5.84. The molecule has 0 aliphatic heterocycles. The number of fused-ring (bicyclic) bond motifs is 1. The highest BCUT2D eigenvalue weighted by atomic mass is 79.9. The van der Waals surface area contributed by atoms with Gasteiger partial charge in [-0.25, -0.2) is 4.98 Å². The summed E-state index contributed by atoms with van der Waals surface area (Å²) in [7, 11) is 0. The number of rotatable bonds is 5. The van der Waals surface area contributed by atoms with Crippen molar-refractivity contribution in [1.82, 2.24) is 9.55 Å². The summed E-state index contributed by atoms with van der Waals surface area (Å²) in [5, 5.41) is 0. The Bertz CT molecular complexity index is 507. The monoisotopic (exact) mass is 314 g/mol. The van der Waals surface area contributed by atoms with E-state index in [1.807, 2.05) is 6.07 Å². The standard InChI is InChI=1S/C13H16BrClN2/c1-2-3-8-17-12-9-10(14)4-5-11(12)16-13(17)6-7-15/h4-5,9H,2-3,6-8H2,1H3. The molecule has 1 aromatic heterocycles. The lowest BCUT2D eigenvalue weighted by Crippen LogP contribution is -2.04. The highest BCUT2D eigenvalue weighted by molar-refractivity contribution is 9.10. The number of hydrogen-bond acceptors (Lipinski definition) is 1. The third-order valence-electron chi connectivity index (χ3n) is 2.84. The van der Waals surface area contributed by atoms with Crippen LogP contribution in [0.25, 0.3) is 11.0 Å². The van der Waals surface area contributed by atoms with E-state index in [4.69, 9.17) is 11.6 Å². The van der Waals surface area contributed by atoms with E-state index >= 15 is 0 Å². The molecule has 0 spiro atoms. The Balaban J connectivity index is 2.47. The Kier molecular flexibility index (Phi) is 4.46. The number of aryl methyl sites for hydroxylation is 2. The number of nitrogens with zero attached hydrogens (tertiary/aromatic N) is 2. The van der Waals surface area contributed by atoms with Gasteiger partial charge in [-0.15, -0.1) is 11.6 Å². The summed E-state index contributed by atoms with van der Waals surface area (Å²) in [6.07, 6.45) is 3.19. The molecule has 0 fully saturated rings. The zero-order chi connectivity index (χ0) is 12.3. The summed E-state index contributed by atoms with van der Waals surface area (Å²) in [6, 6.07) is 6.22. The lowest BCUT2D eigenvalue weighted by atomic mass is 10.3. The van der Waals surface area contributed by atoms with Crippen molar-refractivity contribution in [3.8, 4) is 0 Å². The summed E-state index contributed by atoms with van der Waals surface area (Å²) in [5.74, 6) is 1.72. The second kappa shape index (κ2) is 5.87. The first kappa shape index (κ1) is 12.9. The molecule has 0 N–H and O–H groups in total. The quantitative estimate of drug-likeness (QED) is 0.749. The van der Waals surface area contributed by atoms with Crippen molar-refractivity contribution in [2.45, 2.75) is 32.7 Å². The predicted molar refractivity (Wildman–Crippen MR) is 76.8 cm³/mol. The van der Waals surface area contributed by atoms with Crippen molar-refractivity contribution in [1.29, 1.82) is 0 Å². The molecule has 92 valence electrons. The lowest BCUT2D eigenvalue weighted by molar-refractivity contribution is 0.620. The Morgan fingerprint density at radius 3 is 2.94 bits per heavy atom. The third-order valence-corrected chi connectivity index (χ3v) is 3.52. The molecule has 0 bridgehead atoms. The lowest BCUT2D eigenvalue weighted by Gasteiger charge is -2.07. The van der Waals surface area contributed by atoms with Crippen molar-refractivity contribution in [3.63, 3.8) is 0 Å². The number of benzene rings is 1. The van der Waals surface area contributed by atoms with Crippen LogP contribution in [0.5, 0.6) is 0 Å². The third kappa shape index (κ3) is 2.83. The molecule has 0 aliphatic carbocycles. The minimum Gasteiger partial charge on any atom is -0.328 e. The Morgan fingerprint density at radius 2 is 2.24 bits per heavy atom. The zero-order valence-corrected chi connectivity index (χ0v) is 12.3. The number of hydrogen-bond donors (Lipinski definition) is 0. The van der Waals surface area contributed by atoms with E-state index in [1.54, 1.807) is 0 Å².